The fourth-order valence-electron chi connectivity index (χ4n) is 3.11. The average Bonchev–Trinajstić information content (AvgIpc) is 2.69. The summed E-state index contributed by atoms with van der Waals surface area (Å²) < 4.78 is 6.24. The molecule has 0 spiro atoms. The number of carboxylic acid groups (broad SMARTS) is 1. The lowest BCUT2D eigenvalue weighted by Crippen LogP contribution is -2.44. The Morgan fingerprint density at radius 1 is 1.22 bits per heavy atom. The number of rotatable bonds is 5. The maximum absolute atomic E-state index is 12.5. The molecule has 1 atom stereocenters. The first-order valence-corrected chi connectivity index (χ1v) is 8.71. The molecular formula is C19H21N3O5. The quantitative estimate of drug-likeness (QED) is 0.849. The molecule has 1 fully saturated rings. The Morgan fingerprint density at radius 3 is 2.63 bits per heavy atom. The van der Waals surface area contributed by atoms with Gasteiger partial charge in [-0.15, -0.1) is 0 Å². The number of carbonyl (C=O) groups is 2. The molecule has 0 unspecified atom stereocenters. The lowest BCUT2D eigenvalue weighted by molar-refractivity contribution is -0.145. The van der Waals surface area contributed by atoms with E-state index in [1.54, 1.807) is 25.3 Å². The van der Waals surface area contributed by atoms with Gasteiger partial charge in [0, 0.05) is 24.7 Å². The smallest absolute Gasteiger partial charge is 0.308 e. The molecule has 1 saturated heterocycles. The van der Waals surface area contributed by atoms with Gasteiger partial charge in [0.25, 0.3) is 5.56 Å². The maximum atomic E-state index is 12.5. The minimum absolute atomic E-state index is 0.168. The third-order valence-corrected chi connectivity index (χ3v) is 4.66. The number of benzene rings is 1. The molecule has 1 aliphatic heterocycles. The first-order chi connectivity index (χ1) is 13.0. The monoisotopic (exact) mass is 371 g/mol. The van der Waals surface area contributed by atoms with Crippen molar-refractivity contribution >= 4 is 11.9 Å². The van der Waals surface area contributed by atoms with Gasteiger partial charge in [0.05, 0.1) is 18.7 Å². The number of carboxylic acids is 1. The number of ether oxygens (including phenoxy) is 1. The van der Waals surface area contributed by atoms with E-state index in [9.17, 15) is 14.4 Å². The second kappa shape index (κ2) is 8.03. The highest BCUT2D eigenvalue weighted by Crippen LogP contribution is 2.20. The standard InChI is InChI=1S/C19H21N3O5/c1-27-15-6-4-13(5-7-15)16-8-9-17(23)22(20-16)12-18(24)21-10-2-3-14(11-21)19(25)26/h4-9,14H,2-3,10-12H2,1H3,(H,25,26)/t14-/m1/s1. The predicted octanol–water partition coefficient (Wildman–Crippen LogP) is 1.24. The number of piperidine rings is 1. The number of carbonyl (C=O) groups excluding carboxylic acids is 1. The molecular weight excluding hydrogens is 350 g/mol. The number of likely N-dealkylation sites (tertiary alicyclic amines) is 1. The molecule has 3 rings (SSSR count). The van der Waals surface area contributed by atoms with E-state index in [1.807, 2.05) is 12.1 Å². The summed E-state index contributed by atoms with van der Waals surface area (Å²) in [5.41, 5.74) is 0.973. The Bertz CT molecular complexity index is 891. The van der Waals surface area contributed by atoms with Crippen LogP contribution in [0.15, 0.2) is 41.2 Å². The van der Waals surface area contributed by atoms with Crippen molar-refractivity contribution in [2.75, 3.05) is 20.2 Å². The molecule has 0 aliphatic carbocycles. The first-order valence-electron chi connectivity index (χ1n) is 8.71. The molecule has 2 heterocycles. The Balaban J connectivity index is 1.77. The zero-order valence-electron chi connectivity index (χ0n) is 15.0. The normalized spacial score (nSPS) is 16.8. The third-order valence-electron chi connectivity index (χ3n) is 4.66. The molecule has 2 aromatic rings. The van der Waals surface area contributed by atoms with E-state index < -0.39 is 11.9 Å². The average molecular weight is 371 g/mol. The number of amides is 1. The Kier molecular flexibility index (Phi) is 5.54. The van der Waals surface area contributed by atoms with Crippen molar-refractivity contribution < 1.29 is 19.4 Å². The van der Waals surface area contributed by atoms with Gasteiger partial charge >= 0.3 is 5.97 Å². The largest absolute Gasteiger partial charge is 0.497 e. The number of methoxy groups -OCH3 is 1. The van der Waals surface area contributed by atoms with Crippen LogP contribution in [0.25, 0.3) is 11.3 Å². The van der Waals surface area contributed by atoms with Gasteiger partial charge < -0.3 is 14.7 Å². The van der Waals surface area contributed by atoms with Crippen molar-refractivity contribution in [1.29, 1.82) is 0 Å². The molecule has 8 nitrogen and oxygen atoms in total. The zero-order valence-corrected chi connectivity index (χ0v) is 15.0. The van der Waals surface area contributed by atoms with Crippen LogP contribution in [-0.2, 0) is 16.1 Å². The summed E-state index contributed by atoms with van der Waals surface area (Å²) in [7, 11) is 1.58. The molecule has 0 saturated carbocycles. The molecule has 1 aliphatic rings. The maximum Gasteiger partial charge on any atom is 0.308 e. The predicted molar refractivity (Wildman–Crippen MR) is 97.4 cm³/mol. The summed E-state index contributed by atoms with van der Waals surface area (Å²) in [4.78, 5) is 37.3. The molecule has 142 valence electrons. The Hall–Kier alpha value is -3.16. The molecule has 0 bridgehead atoms. The molecule has 1 N–H and O–H groups in total. The number of hydrogen-bond donors (Lipinski definition) is 1. The van der Waals surface area contributed by atoms with E-state index in [0.29, 0.717) is 30.8 Å². The van der Waals surface area contributed by atoms with Crippen LogP contribution in [0, 0.1) is 5.92 Å². The summed E-state index contributed by atoms with van der Waals surface area (Å²) in [5, 5.41) is 13.4. The zero-order chi connectivity index (χ0) is 19.4. The SMILES string of the molecule is COc1ccc(-c2ccc(=O)n(CC(=O)N3CCC[C@@H](C(=O)O)C3)n2)cc1. The van der Waals surface area contributed by atoms with Crippen LogP contribution in [0.4, 0.5) is 0 Å². The van der Waals surface area contributed by atoms with Gasteiger partial charge in [-0.05, 0) is 43.2 Å². The molecule has 1 aromatic carbocycles. The van der Waals surface area contributed by atoms with Crippen molar-refractivity contribution in [1.82, 2.24) is 14.7 Å². The summed E-state index contributed by atoms with van der Waals surface area (Å²) in [6.45, 7) is 0.450. The van der Waals surface area contributed by atoms with Crippen molar-refractivity contribution in [3.63, 3.8) is 0 Å². The van der Waals surface area contributed by atoms with Crippen molar-refractivity contribution in [2.24, 2.45) is 5.92 Å². The summed E-state index contributed by atoms with van der Waals surface area (Å²) in [6.07, 6.45) is 1.20. The van der Waals surface area contributed by atoms with Gasteiger partial charge in [-0.2, -0.15) is 5.10 Å². The topological polar surface area (TPSA) is 102 Å². The van der Waals surface area contributed by atoms with Gasteiger partial charge in [-0.25, -0.2) is 4.68 Å². The minimum Gasteiger partial charge on any atom is -0.497 e. The van der Waals surface area contributed by atoms with Crippen molar-refractivity contribution in [2.45, 2.75) is 19.4 Å². The molecule has 1 amide bonds. The highest BCUT2D eigenvalue weighted by atomic mass is 16.5. The fraction of sp³-hybridized carbons (Fsp3) is 0.368. The lowest BCUT2D eigenvalue weighted by atomic mass is 9.98. The number of nitrogens with zero attached hydrogens (tertiary/aromatic N) is 3. The van der Waals surface area contributed by atoms with Gasteiger partial charge in [0.1, 0.15) is 12.3 Å². The van der Waals surface area contributed by atoms with Gasteiger partial charge in [-0.3, -0.25) is 14.4 Å². The van der Waals surface area contributed by atoms with E-state index in [2.05, 4.69) is 5.10 Å². The minimum atomic E-state index is -0.899. The van der Waals surface area contributed by atoms with Crippen LogP contribution in [-0.4, -0.2) is 51.9 Å². The molecule has 27 heavy (non-hydrogen) atoms. The van der Waals surface area contributed by atoms with Gasteiger partial charge in [-0.1, -0.05) is 0 Å². The van der Waals surface area contributed by atoms with Gasteiger partial charge in [0.15, 0.2) is 0 Å². The van der Waals surface area contributed by atoms with Gasteiger partial charge in [0.2, 0.25) is 5.91 Å². The van der Waals surface area contributed by atoms with Crippen LogP contribution in [0.1, 0.15) is 12.8 Å². The summed E-state index contributed by atoms with van der Waals surface area (Å²) >= 11 is 0. The first kappa shape index (κ1) is 18.6. The van der Waals surface area contributed by atoms with Crippen LogP contribution in [0.3, 0.4) is 0 Å². The lowest BCUT2D eigenvalue weighted by Gasteiger charge is -2.30. The van der Waals surface area contributed by atoms with Crippen molar-refractivity contribution in [3.8, 4) is 17.0 Å². The fourth-order valence-corrected chi connectivity index (χ4v) is 3.11. The van der Waals surface area contributed by atoms with E-state index in [-0.39, 0.29) is 24.6 Å². The van der Waals surface area contributed by atoms with E-state index in [4.69, 9.17) is 9.84 Å². The number of aliphatic carboxylic acids is 1. The van der Waals surface area contributed by atoms with Crippen LogP contribution < -0.4 is 10.3 Å². The molecule has 8 heteroatoms. The summed E-state index contributed by atoms with van der Waals surface area (Å²) in [5.74, 6) is -1.05. The molecule has 0 radical (unpaired) electrons. The van der Waals surface area contributed by atoms with E-state index in [1.165, 1.54) is 11.0 Å². The number of hydrogen-bond acceptors (Lipinski definition) is 5. The second-order valence-electron chi connectivity index (χ2n) is 6.46. The van der Waals surface area contributed by atoms with Crippen molar-refractivity contribution in [3.05, 3.63) is 46.8 Å². The van der Waals surface area contributed by atoms with E-state index >= 15 is 0 Å². The highest BCUT2D eigenvalue weighted by Gasteiger charge is 2.28. The second-order valence-corrected chi connectivity index (χ2v) is 6.46. The van der Waals surface area contributed by atoms with Crippen LogP contribution >= 0.6 is 0 Å². The third kappa shape index (κ3) is 4.33. The van der Waals surface area contributed by atoms with E-state index in [0.717, 1.165) is 10.2 Å². The summed E-state index contributed by atoms with van der Waals surface area (Å²) in [6, 6.07) is 10.2. The highest BCUT2D eigenvalue weighted by molar-refractivity contribution is 5.77. The van der Waals surface area contributed by atoms with Crippen LogP contribution in [0.5, 0.6) is 5.75 Å². The number of aromatic nitrogens is 2. The Labute approximate surface area is 156 Å². The Morgan fingerprint density at radius 2 is 1.96 bits per heavy atom. The van der Waals surface area contributed by atoms with Crippen LogP contribution in [0.2, 0.25) is 0 Å². The molecule has 1 aromatic heterocycles.